The second kappa shape index (κ2) is 10.4. The lowest BCUT2D eigenvalue weighted by Gasteiger charge is -2.22. The van der Waals surface area contributed by atoms with Gasteiger partial charge in [0.2, 0.25) is 5.91 Å². The van der Waals surface area contributed by atoms with Gasteiger partial charge < -0.3 is 15.7 Å². The SMILES string of the molecule is Cc1ccccc1C(=O)NC(CC(C)C)C(=O)NCC(C(=O)O)c1ccccc1. The summed E-state index contributed by atoms with van der Waals surface area (Å²) in [7, 11) is 0. The van der Waals surface area contributed by atoms with Crippen molar-refractivity contribution in [2.75, 3.05) is 6.54 Å². The minimum Gasteiger partial charge on any atom is -0.481 e. The van der Waals surface area contributed by atoms with Crippen molar-refractivity contribution >= 4 is 17.8 Å². The molecule has 0 aliphatic rings. The summed E-state index contributed by atoms with van der Waals surface area (Å²) in [5.41, 5.74) is 1.95. The number of rotatable bonds is 9. The summed E-state index contributed by atoms with van der Waals surface area (Å²) >= 11 is 0. The van der Waals surface area contributed by atoms with Gasteiger partial charge in [-0.25, -0.2) is 0 Å². The summed E-state index contributed by atoms with van der Waals surface area (Å²) in [6.07, 6.45) is 0.451. The molecule has 6 nitrogen and oxygen atoms in total. The Balaban J connectivity index is 2.09. The van der Waals surface area contributed by atoms with E-state index < -0.39 is 17.9 Å². The number of carbonyl (C=O) groups excluding carboxylic acids is 2. The number of hydrogen-bond donors (Lipinski definition) is 3. The molecule has 2 amide bonds. The van der Waals surface area contributed by atoms with Crippen LogP contribution in [0.1, 0.15) is 47.7 Å². The zero-order valence-electron chi connectivity index (χ0n) is 17.0. The van der Waals surface area contributed by atoms with E-state index >= 15 is 0 Å². The summed E-state index contributed by atoms with van der Waals surface area (Å²) in [4.78, 5) is 37.1. The van der Waals surface area contributed by atoms with Crippen molar-refractivity contribution in [3.63, 3.8) is 0 Å². The molecule has 3 N–H and O–H groups in total. The van der Waals surface area contributed by atoms with Gasteiger partial charge in [0.05, 0.1) is 5.92 Å². The van der Waals surface area contributed by atoms with Crippen LogP contribution in [0.3, 0.4) is 0 Å². The molecule has 0 radical (unpaired) electrons. The molecule has 2 aromatic rings. The van der Waals surface area contributed by atoms with Crippen LogP contribution in [-0.2, 0) is 9.59 Å². The molecule has 2 unspecified atom stereocenters. The van der Waals surface area contributed by atoms with E-state index in [1.165, 1.54) is 0 Å². The number of carboxylic acid groups (broad SMARTS) is 1. The zero-order valence-corrected chi connectivity index (χ0v) is 17.0. The molecule has 0 saturated heterocycles. The highest BCUT2D eigenvalue weighted by atomic mass is 16.4. The van der Waals surface area contributed by atoms with E-state index in [4.69, 9.17) is 0 Å². The fourth-order valence-electron chi connectivity index (χ4n) is 3.13. The van der Waals surface area contributed by atoms with Crippen LogP contribution in [0.2, 0.25) is 0 Å². The number of carbonyl (C=O) groups is 3. The van der Waals surface area contributed by atoms with Crippen LogP contribution in [0.4, 0.5) is 0 Å². The third-order valence-electron chi connectivity index (χ3n) is 4.70. The van der Waals surface area contributed by atoms with Crippen LogP contribution in [0.15, 0.2) is 54.6 Å². The Kier molecular flexibility index (Phi) is 7.95. The Hall–Kier alpha value is -3.15. The fraction of sp³-hybridized carbons (Fsp3) is 0.348. The predicted octanol–water partition coefficient (Wildman–Crippen LogP) is 3.12. The van der Waals surface area contributed by atoms with Gasteiger partial charge in [0.25, 0.3) is 5.91 Å². The summed E-state index contributed by atoms with van der Waals surface area (Å²) < 4.78 is 0. The first kappa shape index (κ1) is 22.1. The molecule has 0 fully saturated rings. The molecule has 2 rings (SSSR count). The van der Waals surface area contributed by atoms with Crippen LogP contribution in [0.5, 0.6) is 0 Å². The Bertz CT molecular complexity index is 849. The van der Waals surface area contributed by atoms with E-state index in [1.807, 2.05) is 32.9 Å². The van der Waals surface area contributed by atoms with Crippen LogP contribution in [0.25, 0.3) is 0 Å². The number of hydrogen-bond acceptors (Lipinski definition) is 3. The quantitative estimate of drug-likeness (QED) is 0.607. The van der Waals surface area contributed by atoms with Crippen LogP contribution < -0.4 is 10.6 Å². The molecule has 6 heteroatoms. The first-order chi connectivity index (χ1) is 13.8. The van der Waals surface area contributed by atoms with E-state index in [0.717, 1.165) is 5.56 Å². The van der Waals surface area contributed by atoms with E-state index in [1.54, 1.807) is 42.5 Å². The molecule has 0 spiro atoms. The molecule has 2 aromatic carbocycles. The van der Waals surface area contributed by atoms with Gasteiger partial charge in [-0.05, 0) is 36.5 Å². The topological polar surface area (TPSA) is 95.5 Å². The molecule has 0 aromatic heterocycles. The molecular formula is C23H28N2O4. The molecule has 0 heterocycles. The normalized spacial score (nSPS) is 12.8. The Morgan fingerprint density at radius 2 is 1.59 bits per heavy atom. The van der Waals surface area contributed by atoms with Gasteiger partial charge >= 0.3 is 5.97 Å². The van der Waals surface area contributed by atoms with Crippen molar-refractivity contribution in [2.24, 2.45) is 5.92 Å². The number of nitrogens with one attached hydrogen (secondary N) is 2. The molecular weight excluding hydrogens is 368 g/mol. The van der Waals surface area contributed by atoms with Gasteiger partial charge in [-0.2, -0.15) is 0 Å². The highest BCUT2D eigenvalue weighted by Gasteiger charge is 2.26. The lowest BCUT2D eigenvalue weighted by molar-refractivity contribution is -0.138. The monoisotopic (exact) mass is 396 g/mol. The average molecular weight is 396 g/mol. The lowest BCUT2D eigenvalue weighted by atomic mass is 9.98. The largest absolute Gasteiger partial charge is 0.481 e. The van der Waals surface area contributed by atoms with Crippen LogP contribution >= 0.6 is 0 Å². The highest BCUT2D eigenvalue weighted by molar-refractivity contribution is 5.98. The van der Waals surface area contributed by atoms with Crippen molar-refractivity contribution in [2.45, 2.75) is 39.2 Å². The number of carboxylic acids is 1. The van der Waals surface area contributed by atoms with E-state index in [9.17, 15) is 19.5 Å². The molecule has 0 aliphatic heterocycles. The third kappa shape index (κ3) is 6.45. The number of aliphatic carboxylic acids is 1. The average Bonchev–Trinajstić information content (AvgIpc) is 2.68. The van der Waals surface area contributed by atoms with Crippen LogP contribution in [0, 0.1) is 12.8 Å². The number of amides is 2. The zero-order chi connectivity index (χ0) is 21.4. The molecule has 29 heavy (non-hydrogen) atoms. The van der Waals surface area contributed by atoms with Gasteiger partial charge in [0.15, 0.2) is 0 Å². The fourth-order valence-corrected chi connectivity index (χ4v) is 3.13. The second-order valence-corrected chi connectivity index (χ2v) is 7.52. The van der Waals surface area contributed by atoms with Crippen molar-refractivity contribution < 1.29 is 19.5 Å². The minimum absolute atomic E-state index is 0.0486. The molecule has 0 bridgehead atoms. The Morgan fingerprint density at radius 1 is 0.966 bits per heavy atom. The first-order valence-electron chi connectivity index (χ1n) is 9.71. The van der Waals surface area contributed by atoms with E-state index in [-0.39, 0.29) is 24.3 Å². The van der Waals surface area contributed by atoms with Gasteiger partial charge in [-0.3, -0.25) is 14.4 Å². The molecule has 0 aliphatic carbocycles. The predicted molar refractivity (Wildman–Crippen MR) is 112 cm³/mol. The molecule has 2 atom stereocenters. The molecule has 154 valence electrons. The van der Waals surface area contributed by atoms with Crippen LogP contribution in [-0.4, -0.2) is 35.5 Å². The van der Waals surface area contributed by atoms with Gasteiger partial charge in [-0.15, -0.1) is 0 Å². The standard InChI is InChI=1S/C23H28N2O4/c1-15(2)13-20(25-21(26)18-12-8-7-9-16(18)3)22(27)24-14-19(23(28)29)17-10-5-4-6-11-17/h4-12,15,19-20H,13-14H2,1-3H3,(H,24,27)(H,25,26)(H,28,29). The minimum atomic E-state index is -1.01. The van der Waals surface area contributed by atoms with E-state index in [0.29, 0.717) is 17.5 Å². The van der Waals surface area contributed by atoms with Crippen molar-refractivity contribution in [1.29, 1.82) is 0 Å². The van der Waals surface area contributed by atoms with E-state index in [2.05, 4.69) is 10.6 Å². The Labute approximate surface area is 171 Å². The lowest BCUT2D eigenvalue weighted by Crippen LogP contribution is -2.48. The Morgan fingerprint density at radius 3 is 2.17 bits per heavy atom. The maximum atomic E-state index is 12.8. The van der Waals surface area contributed by atoms with Gasteiger partial charge in [0.1, 0.15) is 6.04 Å². The summed E-state index contributed by atoms with van der Waals surface area (Å²) in [6, 6.07) is 15.2. The maximum absolute atomic E-state index is 12.8. The van der Waals surface area contributed by atoms with Gasteiger partial charge in [0, 0.05) is 12.1 Å². The smallest absolute Gasteiger partial charge is 0.312 e. The second-order valence-electron chi connectivity index (χ2n) is 7.52. The summed E-state index contributed by atoms with van der Waals surface area (Å²) in [5.74, 6) is -2.40. The first-order valence-corrected chi connectivity index (χ1v) is 9.71. The van der Waals surface area contributed by atoms with Gasteiger partial charge in [-0.1, -0.05) is 62.4 Å². The molecule has 0 saturated carbocycles. The van der Waals surface area contributed by atoms with Crippen molar-refractivity contribution in [3.8, 4) is 0 Å². The maximum Gasteiger partial charge on any atom is 0.312 e. The summed E-state index contributed by atoms with van der Waals surface area (Å²) in [6.45, 7) is 5.71. The van der Waals surface area contributed by atoms with Crippen molar-refractivity contribution in [3.05, 3.63) is 71.3 Å². The van der Waals surface area contributed by atoms with Crippen molar-refractivity contribution in [1.82, 2.24) is 10.6 Å². The summed E-state index contributed by atoms with van der Waals surface area (Å²) in [5, 5.41) is 15.0. The number of aryl methyl sites for hydroxylation is 1. The third-order valence-corrected chi connectivity index (χ3v) is 4.70. The highest BCUT2D eigenvalue weighted by Crippen LogP contribution is 2.15. The number of benzene rings is 2.